The molecule has 0 saturated carbocycles. The predicted octanol–water partition coefficient (Wildman–Crippen LogP) is 7.18. The molecule has 1 amide bonds. The Hall–Kier alpha value is -4.07. The fraction of sp³-hybridized carbons (Fsp3) is 0.344. The van der Waals surface area contributed by atoms with Gasteiger partial charge in [-0.2, -0.15) is 18.3 Å². The van der Waals surface area contributed by atoms with E-state index in [2.05, 4.69) is 10.1 Å². The topological polar surface area (TPSA) is 100 Å². The number of amides is 1. The van der Waals surface area contributed by atoms with E-state index < -0.39 is 24.6 Å². The first-order valence-electron chi connectivity index (χ1n) is 14.8. The molecule has 5 aromatic rings. The second-order valence-corrected chi connectivity index (χ2v) is 12.7. The van der Waals surface area contributed by atoms with Crippen molar-refractivity contribution in [1.29, 1.82) is 0 Å². The molecule has 1 aliphatic rings. The molecule has 14 heteroatoms. The molecule has 3 aromatic heterocycles. The highest BCUT2D eigenvalue weighted by molar-refractivity contribution is 7.16. The summed E-state index contributed by atoms with van der Waals surface area (Å²) in [6.07, 6.45) is 0.895. The van der Waals surface area contributed by atoms with Crippen LogP contribution in [-0.2, 0) is 7.05 Å². The molecule has 0 bridgehead atoms. The summed E-state index contributed by atoms with van der Waals surface area (Å²) in [4.78, 5) is 19.1. The molecule has 0 spiro atoms. The van der Waals surface area contributed by atoms with Crippen LogP contribution in [0.1, 0.15) is 47.5 Å². The van der Waals surface area contributed by atoms with E-state index in [0.717, 1.165) is 22.2 Å². The van der Waals surface area contributed by atoms with Gasteiger partial charge in [-0.3, -0.25) is 14.0 Å². The van der Waals surface area contributed by atoms with Crippen LogP contribution in [0, 0.1) is 0 Å². The predicted molar refractivity (Wildman–Crippen MR) is 171 cm³/mol. The van der Waals surface area contributed by atoms with E-state index in [9.17, 15) is 18.0 Å². The number of aryl methyl sites for hydroxylation is 1. The number of hydrogen-bond acceptors (Lipinski definition) is 7. The molecule has 1 aliphatic heterocycles. The Bertz CT molecular complexity index is 1860. The molecule has 9 nitrogen and oxygen atoms in total. The van der Waals surface area contributed by atoms with Crippen molar-refractivity contribution in [3.8, 4) is 27.6 Å². The standard InChI is InChI=1S/C32H32ClF3N6O3S/c1-19(23-4-3-5-26(29(23)33)45-22-8-11-41(12-9-22)13-10-32(34,35)36)44-27-15-28(46-30(27)31(37)43)42-18-38-24-14-20(6-7-25(24)42)21-16-39-40(2)17-21/h3-7,14-19,22H,8-13H2,1-2H3,(H2,37,43). The molecular weight excluding hydrogens is 641 g/mol. The summed E-state index contributed by atoms with van der Waals surface area (Å²) in [6.45, 7) is 2.85. The number of rotatable bonds is 10. The van der Waals surface area contributed by atoms with E-state index in [-0.39, 0.29) is 17.5 Å². The van der Waals surface area contributed by atoms with E-state index in [1.807, 2.05) is 49.0 Å². The van der Waals surface area contributed by atoms with Crippen molar-refractivity contribution in [3.63, 3.8) is 0 Å². The van der Waals surface area contributed by atoms with Crippen LogP contribution in [0.25, 0.3) is 27.2 Å². The molecule has 1 fully saturated rings. The molecule has 1 unspecified atom stereocenters. The third-order valence-corrected chi connectivity index (χ3v) is 9.54. The van der Waals surface area contributed by atoms with E-state index in [1.54, 1.807) is 40.3 Å². The third kappa shape index (κ3) is 7.01. The van der Waals surface area contributed by atoms with E-state index in [0.29, 0.717) is 53.0 Å². The number of halogens is 4. The number of piperidine rings is 1. The lowest BCUT2D eigenvalue weighted by Crippen LogP contribution is -2.39. The Balaban J connectivity index is 1.17. The molecule has 6 rings (SSSR count). The van der Waals surface area contributed by atoms with Gasteiger partial charge >= 0.3 is 6.18 Å². The van der Waals surface area contributed by atoms with Crippen LogP contribution in [0.2, 0.25) is 5.02 Å². The maximum Gasteiger partial charge on any atom is 0.390 e. The Kier molecular flexibility index (Phi) is 8.99. The number of aromatic nitrogens is 4. The summed E-state index contributed by atoms with van der Waals surface area (Å²) in [6, 6.07) is 13.1. The van der Waals surface area contributed by atoms with Gasteiger partial charge in [0.05, 0.1) is 28.7 Å². The van der Waals surface area contributed by atoms with Crippen molar-refractivity contribution in [2.75, 3.05) is 19.6 Å². The summed E-state index contributed by atoms with van der Waals surface area (Å²) < 4.78 is 53.9. The largest absolute Gasteiger partial charge is 0.489 e. The minimum atomic E-state index is -4.16. The lowest BCUT2D eigenvalue weighted by molar-refractivity contribution is -0.138. The Labute approximate surface area is 272 Å². The van der Waals surface area contributed by atoms with Crippen LogP contribution in [0.4, 0.5) is 13.2 Å². The van der Waals surface area contributed by atoms with Crippen molar-refractivity contribution >= 4 is 39.9 Å². The number of thiophene rings is 1. The number of nitrogens with two attached hydrogens (primary N) is 1. The van der Waals surface area contributed by atoms with Crippen molar-refractivity contribution in [3.05, 3.63) is 76.6 Å². The summed E-state index contributed by atoms with van der Waals surface area (Å²) in [5.74, 6) is 0.175. The van der Waals surface area contributed by atoms with Crippen molar-refractivity contribution in [1.82, 2.24) is 24.2 Å². The van der Waals surface area contributed by atoms with E-state index >= 15 is 0 Å². The maximum atomic E-state index is 12.6. The minimum Gasteiger partial charge on any atom is -0.489 e. The van der Waals surface area contributed by atoms with Crippen LogP contribution >= 0.6 is 22.9 Å². The highest BCUT2D eigenvalue weighted by Gasteiger charge is 2.30. The normalized spacial score (nSPS) is 15.3. The summed E-state index contributed by atoms with van der Waals surface area (Å²) in [5, 5.41) is 5.32. The average Bonchev–Trinajstić information content (AvgIpc) is 3.75. The van der Waals surface area contributed by atoms with Gasteiger partial charge < -0.3 is 20.1 Å². The van der Waals surface area contributed by atoms with Crippen molar-refractivity contribution in [2.24, 2.45) is 12.8 Å². The summed E-state index contributed by atoms with van der Waals surface area (Å²) >= 11 is 7.99. The zero-order valence-electron chi connectivity index (χ0n) is 25.1. The maximum absolute atomic E-state index is 12.6. The number of likely N-dealkylation sites (tertiary alicyclic amines) is 1. The SMILES string of the molecule is CC(Oc1cc(-n2cnc3cc(-c4cnn(C)c4)ccc32)sc1C(N)=O)c1cccc(OC2CCN(CCC(F)(F)F)CC2)c1Cl. The molecule has 0 aliphatic carbocycles. The number of imidazole rings is 1. The first-order valence-corrected chi connectivity index (χ1v) is 16.0. The monoisotopic (exact) mass is 672 g/mol. The van der Waals surface area contributed by atoms with Gasteiger partial charge in [0.2, 0.25) is 0 Å². The quantitative estimate of drug-likeness (QED) is 0.169. The number of benzene rings is 2. The third-order valence-electron chi connectivity index (χ3n) is 8.01. The van der Waals surface area contributed by atoms with Gasteiger partial charge in [0, 0.05) is 50.1 Å². The molecule has 4 heterocycles. The fourth-order valence-corrected chi connectivity index (χ4v) is 6.83. The second kappa shape index (κ2) is 13.0. The van der Waals surface area contributed by atoms with Gasteiger partial charge in [-0.1, -0.05) is 29.8 Å². The molecular formula is C32H32ClF3N6O3S. The van der Waals surface area contributed by atoms with Crippen molar-refractivity contribution < 1.29 is 27.4 Å². The van der Waals surface area contributed by atoms with Crippen LogP contribution in [-0.4, -0.2) is 62.1 Å². The number of nitrogens with zero attached hydrogens (tertiary/aromatic N) is 5. The lowest BCUT2D eigenvalue weighted by Gasteiger charge is -2.32. The van der Waals surface area contributed by atoms with Gasteiger partial charge in [-0.25, -0.2) is 4.98 Å². The summed E-state index contributed by atoms with van der Waals surface area (Å²) in [5.41, 5.74) is 10.0. The van der Waals surface area contributed by atoms with Gasteiger partial charge in [0.1, 0.15) is 39.9 Å². The number of ether oxygens (including phenoxy) is 2. The van der Waals surface area contributed by atoms with Crippen LogP contribution in [0.5, 0.6) is 11.5 Å². The van der Waals surface area contributed by atoms with Crippen LogP contribution in [0.3, 0.4) is 0 Å². The van der Waals surface area contributed by atoms with Gasteiger partial charge in [0.25, 0.3) is 5.91 Å². The summed E-state index contributed by atoms with van der Waals surface area (Å²) in [7, 11) is 1.86. The number of fused-ring (bicyclic) bond motifs is 1. The Morgan fingerprint density at radius 3 is 2.63 bits per heavy atom. The van der Waals surface area contributed by atoms with Gasteiger partial charge in [-0.05, 0) is 43.5 Å². The highest BCUT2D eigenvalue weighted by Crippen LogP contribution is 2.39. The number of carbonyl (C=O) groups is 1. The lowest BCUT2D eigenvalue weighted by atomic mass is 10.1. The molecule has 1 atom stereocenters. The smallest absolute Gasteiger partial charge is 0.390 e. The van der Waals surface area contributed by atoms with Gasteiger partial charge in [-0.15, -0.1) is 11.3 Å². The molecule has 2 aromatic carbocycles. The second-order valence-electron chi connectivity index (χ2n) is 11.3. The van der Waals surface area contributed by atoms with Gasteiger partial charge in [0.15, 0.2) is 0 Å². The van der Waals surface area contributed by atoms with E-state index in [4.69, 9.17) is 26.8 Å². The number of primary amides is 1. The zero-order valence-corrected chi connectivity index (χ0v) is 26.7. The first kappa shape index (κ1) is 31.9. The molecule has 0 radical (unpaired) electrons. The first-order chi connectivity index (χ1) is 21.9. The highest BCUT2D eigenvalue weighted by atomic mass is 35.5. The molecule has 46 heavy (non-hydrogen) atoms. The van der Waals surface area contributed by atoms with Crippen LogP contribution < -0.4 is 15.2 Å². The minimum absolute atomic E-state index is 0.0108. The van der Waals surface area contributed by atoms with Crippen LogP contribution in [0.15, 0.2) is 61.2 Å². The Morgan fingerprint density at radius 2 is 1.93 bits per heavy atom. The average molecular weight is 673 g/mol. The molecule has 1 saturated heterocycles. The van der Waals surface area contributed by atoms with E-state index in [1.165, 1.54) is 11.3 Å². The molecule has 242 valence electrons. The zero-order chi connectivity index (χ0) is 32.6. The van der Waals surface area contributed by atoms with Crippen molar-refractivity contribution in [2.45, 2.75) is 44.6 Å². The number of alkyl halides is 3. The fourth-order valence-electron chi connectivity index (χ4n) is 5.58. The molecule has 2 N–H and O–H groups in total. The number of carbonyl (C=O) groups excluding carboxylic acids is 1. The Morgan fingerprint density at radius 1 is 1.15 bits per heavy atom. The number of hydrogen-bond donors (Lipinski definition) is 1.